The van der Waals surface area contributed by atoms with Crippen LogP contribution in [0.1, 0.15) is 50.7 Å². The number of rotatable bonds is 1. The minimum atomic E-state index is 0.527. The average molecular weight is 176 g/mol. The van der Waals surface area contributed by atoms with Gasteiger partial charge in [-0.2, -0.15) is 0 Å². The zero-order valence-electron chi connectivity index (χ0n) is 8.49. The first-order chi connectivity index (χ1) is 6.18. The third kappa shape index (κ3) is 1.41. The lowest BCUT2D eigenvalue weighted by atomic mass is 10.1. The van der Waals surface area contributed by atoms with Crippen molar-refractivity contribution in [3.8, 4) is 0 Å². The highest BCUT2D eigenvalue weighted by molar-refractivity contribution is 5.44. The molecule has 70 valence electrons. The molecule has 0 radical (unpaired) electrons. The Morgan fingerprint density at radius 1 is 1.54 bits per heavy atom. The zero-order chi connectivity index (χ0) is 9.42. The number of hydrogen-bond donors (Lipinski definition) is 0. The van der Waals surface area contributed by atoms with Crippen LogP contribution in [0.2, 0.25) is 0 Å². The SMILES string of the molecule is CC(C)c1cn2c(n1)C=CCC2C. The second kappa shape index (κ2) is 3.02. The molecule has 0 bridgehead atoms. The Bertz CT molecular complexity index is 334. The van der Waals surface area contributed by atoms with Crippen LogP contribution < -0.4 is 0 Å². The van der Waals surface area contributed by atoms with Gasteiger partial charge in [0.25, 0.3) is 0 Å². The Morgan fingerprint density at radius 2 is 2.31 bits per heavy atom. The van der Waals surface area contributed by atoms with E-state index in [2.05, 4.69) is 48.7 Å². The third-order valence-corrected chi connectivity index (χ3v) is 2.59. The number of allylic oxidation sites excluding steroid dienone is 1. The number of hydrogen-bond acceptors (Lipinski definition) is 1. The van der Waals surface area contributed by atoms with E-state index < -0.39 is 0 Å². The molecular formula is C11H16N2. The second-order valence-electron chi connectivity index (χ2n) is 4.07. The summed E-state index contributed by atoms with van der Waals surface area (Å²) in [7, 11) is 0. The summed E-state index contributed by atoms with van der Waals surface area (Å²) in [4.78, 5) is 4.58. The molecule has 1 aromatic rings. The molecule has 0 N–H and O–H groups in total. The van der Waals surface area contributed by atoms with Gasteiger partial charge in [-0.05, 0) is 25.3 Å². The maximum atomic E-state index is 4.58. The monoisotopic (exact) mass is 176 g/mol. The van der Waals surface area contributed by atoms with Gasteiger partial charge in [-0.25, -0.2) is 4.98 Å². The zero-order valence-corrected chi connectivity index (χ0v) is 8.49. The number of imidazole rings is 1. The van der Waals surface area contributed by atoms with Crippen molar-refractivity contribution in [2.24, 2.45) is 0 Å². The van der Waals surface area contributed by atoms with Crippen LogP contribution in [-0.2, 0) is 0 Å². The van der Waals surface area contributed by atoms with Gasteiger partial charge in [-0.3, -0.25) is 0 Å². The maximum Gasteiger partial charge on any atom is 0.132 e. The summed E-state index contributed by atoms with van der Waals surface area (Å²) < 4.78 is 2.27. The quantitative estimate of drug-likeness (QED) is 0.643. The van der Waals surface area contributed by atoms with Crippen LogP contribution in [0, 0.1) is 0 Å². The fourth-order valence-electron chi connectivity index (χ4n) is 1.67. The topological polar surface area (TPSA) is 17.8 Å². The van der Waals surface area contributed by atoms with Crippen LogP contribution in [0.3, 0.4) is 0 Å². The molecule has 1 aliphatic heterocycles. The van der Waals surface area contributed by atoms with E-state index in [-0.39, 0.29) is 0 Å². The Labute approximate surface area is 79.3 Å². The molecule has 0 saturated heterocycles. The molecule has 2 rings (SSSR count). The minimum Gasteiger partial charge on any atom is -0.328 e. The third-order valence-electron chi connectivity index (χ3n) is 2.59. The van der Waals surface area contributed by atoms with E-state index in [0.717, 1.165) is 12.2 Å². The van der Waals surface area contributed by atoms with Crippen LogP contribution in [0.4, 0.5) is 0 Å². The predicted molar refractivity (Wildman–Crippen MR) is 54.7 cm³/mol. The molecule has 0 aromatic carbocycles. The molecular weight excluding hydrogens is 160 g/mol. The van der Waals surface area contributed by atoms with Gasteiger partial charge in [0.05, 0.1) is 5.69 Å². The molecule has 1 aliphatic rings. The summed E-state index contributed by atoms with van der Waals surface area (Å²) in [6.07, 6.45) is 7.64. The van der Waals surface area contributed by atoms with Crippen molar-refractivity contribution in [1.82, 2.24) is 9.55 Å². The van der Waals surface area contributed by atoms with E-state index in [1.807, 2.05) is 0 Å². The number of fused-ring (bicyclic) bond motifs is 1. The highest BCUT2D eigenvalue weighted by atomic mass is 15.1. The van der Waals surface area contributed by atoms with Crippen molar-refractivity contribution in [2.75, 3.05) is 0 Å². The molecule has 0 amide bonds. The van der Waals surface area contributed by atoms with Gasteiger partial charge in [0.1, 0.15) is 5.82 Å². The van der Waals surface area contributed by atoms with E-state index >= 15 is 0 Å². The Balaban J connectivity index is 2.43. The lowest BCUT2D eigenvalue weighted by Crippen LogP contribution is -2.07. The van der Waals surface area contributed by atoms with Gasteiger partial charge in [0.15, 0.2) is 0 Å². The number of nitrogens with zero attached hydrogens (tertiary/aromatic N) is 2. The average Bonchev–Trinajstić information content (AvgIpc) is 2.49. The summed E-state index contributed by atoms with van der Waals surface area (Å²) in [5, 5.41) is 0. The molecule has 1 atom stereocenters. The van der Waals surface area contributed by atoms with Crippen molar-refractivity contribution in [2.45, 2.75) is 39.2 Å². The first-order valence-corrected chi connectivity index (χ1v) is 4.94. The second-order valence-corrected chi connectivity index (χ2v) is 4.07. The van der Waals surface area contributed by atoms with Crippen molar-refractivity contribution in [3.05, 3.63) is 23.8 Å². The molecule has 0 saturated carbocycles. The Hall–Kier alpha value is -1.05. The molecule has 1 aromatic heterocycles. The van der Waals surface area contributed by atoms with E-state index in [1.165, 1.54) is 5.69 Å². The van der Waals surface area contributed by atoms with E-state index in [4.69, 9.17) is 0 Å². The van der Waals surface area contributed by atoms with Gasteiger partial charge in [-0.1, -0.05) is 19.9 Å². The summed E-state index contributed by atoms with van der Waals surface area (Å²) in [6, 6.07) is 0.569. The van der Waals surface area contributed by atoms with E-state index in [1.54, 1.807) is 0 Å². The van der Waals surface area contributed by atoms with Gasteiger partial charge >= 0.3 is 0 Å². The molecule has 2 heteroatoms. The number of aromatic nitrogens is 2. The molecule has 2 heterocycles. The molecule has 1 unspecified atom stereocenters. The lowest BCUT2D eigenvalue weighted by Gasteiger charge is -2.16. The van der Waals surface area contributed by atoms with Gasteiger partial charge in [0, 0.05) is 12.2 Å². The summed E-state index contributed by atoms with van der Waals surface area (Å²) in [6.45, 7) is 6.60. The van der Waals surface area contributed by atoms with Crippen LogP contribution in [-0.4, -0.2) is 9.55 Å². The fourth-order valence-corrected chi connectivity index (χ4v) is 1.67. The largest absolute Gasteiger partial charge is 0.328 e. The molecule has 0 aliphatic carbocycles. The van der Waals surface area contributed by atoms with Crippen LogP contribution in [0.25, 0.3) is 6.08 Å². The molecule has 0 spiro atoms. The van der Waals surface area contributed by atoms with Crippen LogP contribution >= 0.6 is 0 Å². The van der Waals surface area contributed by atoms with Crippen LogP contribution in [0.15, 0.2) is 12.3 Å². The van der Waals surface area contributed by atoms with E-state index in [0.29, 0.717) is 12.0 Å². The van der Waals surface area contributed by atoms with Gasteiger partial charge in [0.2, 0.25) is 0 Å². The maximum absolute atomic E-state index is 4.58. The standard InChI is InChI=1S/C11H16N2/c1-8(2)10-7-13-9(3)5-4-6-11(13)12-10/h4,6-9H,5H2,1-3H3. The molecule has 13 heavy (non-hydrogen) atoms. The Morgan fingerprint density at radius 3 is 2.92 bits per heavy atom. The lowest BCUT2D eigenvalue weighted by molar-refractivity contribution is 0.540. The highest BCUT2D eigenvalue weighted by Crippen LogP contribution is 2.24. The summed E-state index contributed by atoms with van der Waals surface area (Å²) >= 11 is 0. The predicted octanol–water partition coefficient (Wildman–Crippen LogP) is 2.98. The first-order valence-electron chi connectivity index (χ1n) is 4.94. The van der Waals surface area contributed by atoms with Crippen molar-refractivity contribution in [3.63, 3.8) is 0 Å². The molecule has 2 nitrogen and oxygen atoms in total. The van der Waals surface area contributed by atoms with Crippen molar-refractivity contribution < 1.29 is 0 Å². The Kier molecular flexibility index (Phi) is 1.98. The van der Waals surface area contributed by atoms with Crippen molar-refractivity contribution in [1.29, 1.82) is 0 Å². The van der Waals surface area contributed by atoms with Gasteiger partial charge in [-0.15, -0.1) is 0 Å². The normalized spacial score (nSPS) is 20.8. The minimum absolute atomic E-state index is 0.527. The van der Waals surface area contributed by atoms with Crippen LogP contribution in [0.5, 0.6) is 0 Å². The summed E-state index contributed by atoms with van der Waals surface area (Å²) in [5.74, 6) is 1.64. The van der Waals surface area contributed by atoms with Crippen molar-refractivity contribution >= 4 is 6.08 Å². The fraction of sp³-hybridized carbons (Fsp3) is 0.545. The first kappa shape index (κ1) is 8.54. The summed E-state index contributed by atoms with van der Waals surface area (Å²) in [5.41, 5.74) is 1.20. The van der Waals surface area contributed by atoms with Gasteiger partial charge < -0.3 is 4.57 Å². The molecule has 0 fully saturated rings. The van der Waals surface area contributed by atoms with E-state index in [9.17, 15) is 0 Å². The highest BCUT2D eigenvalue weighted by Gasteiger charge is 2.15. The smallest absolute Gasteiger partial charge is 0.132 e.